The van der Waals surface area contributed by atoms with Crippen molar-refractivity contribution in [1.29, 1.82) is 0 Å². The first kappa shape index (κ1) is 14.6. The Hall–Kier alpha value is -1.36. The van der Waals surface area contributed by atoms with Crippen LogP contribution in [-0.2, 0) is 9.53 Å². The fourth-order valence-electron chi connectivity index (χ4n) is 2.43. The largest absolute Gasteiger partial charge is 0.381 e. The molecule has 1 aromatic heterocycles. The van der Waals surface area contributed by atoms with Gasteiger partial charge in [-0.15, -0.1) is 11.3 Å². The van der Waals surface area contributed by atoms with Gasteiger partial charge in [0.2, 0.25) is 5.91 Å². The lowest BCUT2D eigenvalue weighted by Crippen LogP contribution is -2.34. The molecule has 3 rings (SSSR count). The molecular weight excluding hydrogens is 306 g/mol. The van der Waals surface area contributed by atoms with E-state index in [1.807, 2.05) is 41.8 Å². The van der Waals surface area contributed by atoms with E-state index in [0.29, 0.717) is 18.2 Å². The minimum absolute atomic E-state index is 0.0419. The van der Waals surface area contributed by atoms with Crippen LogP contribution >= 0.6 is 22.9 Å². The molecule has 21 heavy (non-hydrogen) atoms. The average Bonchev–Trinajstić information content (AvgIpc) is 3.19. The molecular formula is C16H16ClNO2S. The second-order valence-corrected chi connectivity index (χ2v) is 6.48. The monoisotopic (exact) mass is 321 g/mol. The van der Waals surface area contributed by atoms with Gasteiger partial charge in [-0.05, 0) is 35.6 Å². The molecule has 0 spiro atoms. The normalized spacial score (nSPS) is 19.4. The molecule has 1 aromatic carbocycles. The molecule has 0 saturated carbocycles. The van der Waals surface area contributed by atoms with Gasteiger partial charge in [-0.3, -0.25) is 4.79 Å². The number of benzene rings is 1. The summed E-state index contributed by atoms with van der Waals surface area (Å²) in [5, 5.41) is 5.86. The summed E-state index contributed by atoms with van der Waals surface area (Å²) in [6.07, 6.45) is 0.795. The summed E-state index contributed by atoms with van der Waals surface area (Å²) in [7, 11) is 0. The Morgan fingerprint density at radius 2 is 2.14 bits per heavy atom. The van der Waals surface area contributed by atoms with Gasteiger partial charge in [0.25, 0.3) is 0 Å². The summed E-state index contributed by atoms with van der Waals surface area (Å²) < 4.78 is 5.30. The fourth-order valence-corrected chi connectivity index (χ4v) is 3.36. The lowest BCUT2D eigenvalue weighted by Gasteiger charge is -2.20. The predicted molar refractivity (Wildman–Crippen MR) is 84.7 cm³/mol. The third kappa shape index (κ3) is 3.46. The summed E-state index contributed by atoms with van der Waals surface area (Å²) in [4.78, 5) is 13.5. The first-order chi connectivity index (χ1) is 10.2. The predicted octanol–water partition coefficient (Wildman–Crippen LogP) is 3.64. The second-order valence-electron chi connectivity index (χ2n) is 5.07. The van der Waals surface area contributed by atoms with Crippen molar-refractivity contribution in [2.75, 3.05) is 13.2 Å². The van der Waals surface area contributed by atoms with E-state index in [4.69, 9.17) is 16.3 Å². The molecule has 0 radical (unpaired) electrons. The van der Waals surface area contributed by atoms with Crippen molar-refractivity contribution >= 4 is 28.8 Å². The Morgan fingerprint density at radius 1 is 1.33 bits per heavy atom. The maximum atomic E-state index is 12.4. The van der Waals surface area contributed by atoms with Gasteiger partial charge in [-0.25, -0.2) is 0 Å². The highest BCUT2D eigenvalue weighted by Gasteiger charge is 2.26. The fraction of sp³-hybridized carbons (Fsp3) is 0.312. The summed E-state index contributed by atoms with van der Waals surface area (Å²) >= 11 is 7.58. The van der Waals surface area contributed by atoms with Crippen LogP contribution in [0.4, 0.5) is 0 Å². The van der Waals surface area contributed by atoms with Crippen molar-refractivity contribution in [1.82, 2.24) is 5.32 Å². The molecule has 2 heterocycles. The van der Waals surface area contributed by atoms with E-state index >= 15 is 0 Å². The smallest absolute Gasteiger partial charge is 0.226 e. The lowest BCUT2D eigenvalue weighted by molar-refractivity contribution is -0.125. The summed E-state index contributed by atoms with van der Waals surface area (Å²) in [5.74, 6) is 0.0145. The molecule has 0 unspecified atom stereocenters. The summed E-state index contributed by atoms with van der Waals surface area (Å²) in [6.45, 7) is 1.19. The van der Waals surface area contributed by atoms with Gasteiger partial charge in [-0.1, -0.05) is 29.8 Å². The van der Waals surface area contributed by atoms with Crippen LogP contribution in [0.1, 0.15) is 22.9 Å². The average molecular weight is 322 g/mol. The van der Waals surface area contributed by atoms with Crippen molar-refractivity contribution in [2.24, 2.45) is 5.92 Å². The topological polar surface area (TPSA) is 38.3 Å². The van der Waals surface area contributed by atoms with E-state index in [1.165, 1.54) is 0 Å². The van der Waals surface area contributed by atoms with E-state index in [-0.39, 0.29) is 17.9 Å². The Bertz CT molecular complexity index is 591. The number of hydrogen-bond acceptors (Lipinski definition) is 3. The third-order valence-corrected chi connectivity index (χ3v) is 4.81. The van der Waals surface area contributed by atoms with Crippen molar-refractivity contribution in [2.45, 2.75) is 12.5 Å². The quantitative estimate of drug-likeness (QED) is 0.933. The first-order valence-electron chi connectivity index (χ1n) is 6.91. The zero-order valence-corrected chi connectivity index (χ0v) is 13.0. The van der Waals surface area contributed by atoms with Crippen LogP contribution in [-0.4, -0.2) is 19.1 Å². The number of nitrogens with one attached hydrogen (secondary N) is 1. The Morgan fingerprint density at radius 3 is 2.76 bits per heavy atom. The zero-order chi connectivity index (χ0) is 14.7. The maximum Gasteiger partial charge on any atom is 0.226 e. The molecule has 0 aliphatic carbocycles. The van der Waals surface area contributed by atoms with Gasteiger partial charge in [0.05, 0.1) is 18.6 Å². The molecule has 3 nitrogen and oxygen atoms in total. The van der Waals surface area contributed by atoms with Crippen molar-refractivity contribution in [3.05, 3.63) is 57.2 Å². The molecule has 1 fully saturated rings. The molecule has 1 aliphatic rings. The highest BCUT2D eigenvalue weighted by atomic mass is 35.5. The van der Waals surface area contributed by atoms with Crippen LogP contribution in [0.5, 0.6) is 0 Å². The number of ether oxygens (including phenoxy) is 1. The molecule has 2 aromatic rings. The Kier molecular flexibility index (Phi) is 4.58. The highest BCUT2D eigenvalue weighted by molar-refractivity contribution is 7.10. The van der Waals surface area contributed by atoms with E-state index < -0.39 is 0 Å². The number of carbonyl (C=O) groups is 1. The van der Waals surface area contributed by atoms with Crippen LogP contribution in [0.3, 0.4) is 0 Å². The molecule has 1 N–H and O–H groups in total. The van der Waals surface area contributed by atoms with Crippen LogP contribution in [0.15, 0.2) is 41.8 Å². The lowest BCUT2D eigenvalue weighted by atomic mass is 10.0. The number of amides is 1. The van der Waals surface area contributed by atoms with Gasteiger partial charge in [0, 0.05) is 16.5 Å². The van der Waals surface area contributed by atoms with Crippen LogP contribution in [0.2, 0.25) is 5.02 Å². The third-order valence-electron chi connectivity index (χ3n) is 3.62. The van der Waals surface area contributed by atoms with E-state index in [2.05, 4.69) is 5.32 Å². The summed E-state index contributed by atoms with van der Waals surface area (Å²) in [6, 6.07) is 11.5. The molecule has 2 atom stereocenters. The van der Waals surface area contributed by atoms with Gasteiger partial charge >= 0.3 is 0 Å². The minimum atomic E-state index is -0.129. The molecule has 5 heteroatoms. The molecule has 1 saturated heterocycles. The van der Waals surface area contributed by atoms with Gasteiger partial charge in [0.15, 0.2) is 0 Å². The van der Waals surface area contributed by atoms with Crippen LogP contribution in [0, 0.1) is 5.92 Å². The molecule has 110 valence electrons. The molecule has 0 bridgehead atoms. The molecule has 1 aliphatic heterocycles. The molecule has 1 amide bonds. The standard InChI is InChI=1S/C16H16ClNO2S/c17-13-5-3-11(4-6-13)15(14-2-1-9-21-14)18-16(19)12-7-8-20-10-12/h1-6,9,12,15H,7-8,10H2,(H,18,19)/t12-,15+/m1/s1. The second kappa shape index (κ2) is 6.60. The van der Waals surface area contributed by atoms with Gasteiger partial charge in [-0.2, -0.15) is 0 Å². The number of thiophene rings is 1. The first-order valence-corrected chi connectivity index (χ1v) is 8.17. The van der Waals surface area contributed by atoms with Crippen LogP contribution < -0.4 is 5.32 Å². The van der Waals surface area contributed by atoms with Crippen LogP contribution in [0.25, 0.3) is 0 Å². The van der Waals surface area contributed by atoms with Gasteiger partial charge in [0.1, 0.15) is 0 Å². The number of halogens is 1. The minimum Gasteiger partial charge on any atom is -0.381 e. The SMILES string of the molecule is O=C(N[C@@H](c1ccc(Cl)cc1)c1cccs1)[C@@H]1CCOC1. The Balaban J connectivity index is 1.82. The maximum absolute atomic E-state index is 12.4. The number of carbonyl (C=O) groups excluding carboxylic acids is 1. The van der Waals surface area contributed by atoms with Gasteiger partial charge < -0.3 is 10.1 Å². The van der Waals surface area contributed by atoms with Crippen molar-refractivity contribution in [3.63, 3.8) is 0 Å². The number of rotatable bonds is 4. The van der Waals surface area contributed by atoms with E-state index in [9.17, 15) is 4.79 Å². The summed E-state index contributed by atoms with van der Waals surface area (Å²) in [5.41, 5.74) is 1.04. The van der Waals surface area contributed by atoms with Crippen molar-refractivity contribution in [3.8, 4) is 0 Å². The van der Waals surface area contributed by atoms with Crippen molar-refractivity contribution < 1.29 is 9.53 Å². The Labute approximate surface area is 132 Å². The highest BCUT2D eigenvalue weighted by Crippen LogP contribution is 2.28. The van der Waals surface area contributed by atoms with E-state index in [0.717, 1.165) is 16.9 Å². The van der Waals surface area contributed by atoms with E-state index in [1.54, 1.807) is 11.3 Å². The zero-order valence-electron chi connectivity index (χ0n) is 11.4. The number of hydrogen-bond donors (Lipinski definition) is 1.